The van der Waals surface area contributed by atoms with Crippen LogP contribution in [0.15, 0.2) is 72.8 Å². The fraction of sp³-hybridized carbons (Fsp3) is 0.267. The average Bonchev–Trinajstić information content (AvgIpc) is 3.70. The number of hydrogen-bond donors (Lipinski definition) is 4. The number of phenols is 2. The molecule has 4 aliphatic heterocycles. The van der Waals surface area contributed by atoms with E-state index < -0.39 is 36.4 Å². The van der Waals surface area contributed by atoms with Crippen molar-refractivity contribution < 1.29 is 48.8 Å². The van der Waals surface area contributed by atoms with Crippen molar-refractivity contribution in [3.05, 3.63) is 72.8 Å². The summed E-state index contributed by atoms with van der Waals surface area (Å²) in [6.45, 7) is 3.20. The number of benzene rings is 3. The maximum Gasteiger partial charge on any atom is 0.395 e. The van der Waals surface area contributed by atoms with Crippen LogP contribution in [0, 0.1) is 0 Å². The van der Waals surface area contributed by atoms with E-state index in [1.165, 1.54) is 24.3 Å². The lowest BCUT2D eigenvalue weighted by molar-refractivity contribution is -0.260. The van der Waals surface area contributed by atoms with E-state index in [2.05, 4.69) is 0 Å². The summed E-state index contributed by atoms with van der Waals surface area (Å²) < 4.78 is 37.6. The minimum Gasteiger partial charge on any atom is -0.508 e. The predicted molar refractivity (Wildman–Crippen MR) is 140 cm³/mol. The topological polar surface area (TPSA) is 136 Å². The van der Waals surface area contributed by atoms with Crippen molar-refractivity contribution in [2.45, 2.75) is 50.2 Å². The van der Waals surface area contributed by atoms with Gasteiger partial charge in [0.2, 0.25) is 0 Å². The van der Waals surface area contributed by atoms with Gasteiger partial charge >= 0.3 is 11.9 Å². The maximum atomic E-state index is 10.1. The molecule has 4 aliphatic rings. The zero-order valence-electron chi connectivity index (χ0n) is 21.5. The second-order valence-corrected chi connectivity index (χ2v) is 10.1. The fourth-order valence-electron chi connectivity index (χ4n) is 5.15. The van der Waals surface area contributed by atoms with Crippen LogP contribution in [0.25, 0.3) is 22.3 Å². The Morgan fingerprint density at radius 2 is 0.900 bits per heavy atom. The van der Waals surface area contributed by atoms with Crippen LogP contribution in [-0.2, 0) is 9.47 Å². The van der Waals surface area contributed by atoms with E-state index in [1.807, 2.05) is 0 Å². The van der Waals surface area contributed by atoms with Crippen molar-refractivity contribution in [2.24, 2.45) is 0 Å². The Morgan fingerprint density at radius 3 is 1.18 bits per heavy atom. The molecule has 4 atom stereocenters. The molecular weight excluding hydrogens is 520 g/mol. The predicted octanol–water partition coefficient (Wildman–Crippen LogP) is 3.95. The van der Waals surface area contributed by atoms with E-state index >= 15 is 0 Å². The highest BCUT2D eigenvalue weighted by molar-refractivity contribution is 5.94. The number of fused-ring (bicyclic) bond motifs is 2. The highest BCUT2D eigenvalue weighted by Gasteiger charge is 2.55. The first kappa shape index (κ1) is 24.8. The third-order valence-corrected chi connectivity index (χ3v) is 7.14. The summed E-state index contributed by atoms with van der Waals surface area (Å²) >= 11 is 0. The molecule has 10 heteroatoms. The minimum absolute atomic E-state index is 0.0729. The van der Waals surface area contributed by atoms with Gasteiger partial charge in [0.1, 0.15) is 23.7 Å². The molecule has 2 spiro atoms. The molecule has 4 heterocycles. The number of aliphatic hydroxyl groups excluding tert-OH is 2. The molecule has 10 nitrogen and oxygen atoms in total. The van der Waals surface area contributed by atoms with E-state index in [0.717, 1.165) is 0 Å². The zero-order valence-corrected chi connectivity index (χ0v) is 21.5. The molecule has 206 valence electrons. The summed E-state index contributed by atoms with van der Waals surface area (Å²) in [5.74, 6) is -2.07. The van der Waals surface area contributed by atoms with Crippen LogP contribution in [0.2, 0.25) is 0 Å². The molecule has 4 N–H and O–H groups in total. The largest absolute Gasteiger partial charge is 0.508 e. The lowest BCUT2D eigenvalue weighted by atomic mass is 9.95. The minimum atomic E-state index is -1.66. The van der Waals surface area contributed by atoms with Gasteiger partial charge in [-0.15, -0.1) is 0 Å². The smallest absolute Gasteiger partial charge is 0.395 e. The number of rotatable bonds is 4. The Balaban J connectivity index is 1.45. The molecule has 0 aromatic heterocycles. The maximum absolute atomic E-state index is 10.1. The van der Waals surface area contributed by atoms with Crippen LogP contribution in [-0.4, -0.2) is 56.8 Å². The molecule has 4 unspecified atom stereocenters. The number of aliphatic hydroxyl groups is 2. The Bertz CT molecular complexity index is 1380. The van der Waals surface area contributed by atoms with Gasteiger partial charge in [0.05, 0.1) is 23.3 Å². The monoisotopic (exact) mass is 546 g/mol. The Morgan fingerprint density at radius 1 is 0.575 bits per heavy atom. The Hall–Kier alpha value is -4.22. The normalized spacial score (nSPS) is 23.8. The van der Waals surface area contributed by atoms with Gasteiger partial charge in [0, 0.05) is 12.2 Å². The van der Waals surface area contributed by atoms with Crippen molar-refractivity contribution >= 4 is 0 Å². The third-order valence-electron chi connectivity index (χ3n) is 7.14. The van der Waals surface area contributed by atoms with Crippen LogP contribution in [0.3, 0.4) is 0 Å². The number of phenolic OH excluding ortho intramolecular Hbond substituents is 2. The highest BCUT2D eigenvalue weighted by atomic mass is 16.9. The van der Waals surface area contributed by atoms with Crippen molar-refractivity contribution in [3.8, 4) is 56.8 Å². The summed E-state index contributed by atoms with van der Waals surface area (Å²) in [6, 6.07) is 12.9. The first-order chi connectivity index (χ1) is 19.2. The molecule has 3 aromatic carbocycles. The Kier molecular flexibility index (Phi) is 5.35. The van der Waals surface area contributed by atoms with Gasteiger partial charge in [0.25, 0.3) is 0 Å². The van der Waals surface area contributed by atoms with Crippen LogP contribution < -0.4 is 18.9 Å². The van der Waals surface area contributed by atoms with Gasteiger partial charge in [-0.3, -0.25) is 9.47 Å². The lowest BCUT2D eigenvalue weighted by Gasteiger charge is -2.24. The molecule has 0 aliphatic carbocycles. The third kappa shape index (κ3) is 3.80. The molecule has 0 saturated carbocycles. The van der Waals surface area contributed by atoms with Gasteiger partial charge in [-0.05, 0) is 61.4 Å². The van der Waals surface area contributed by atoms with E-state index in [-0.39, 0.29) is 34.5 Å². The van der Waals surface area contributed by atoms with Crippen molar-refractivity contribution in [3.63, 3.8) is 0 Å². The summed E-state index contributed by atoms with van der Waals surface area (Å²) in [6.07, 6.45) is 3.56. The first-order valence-electron chi connectivity index (χ1n) is 12.9. The second kappa shape index (κ2) is 8.64. The average molecular weight is 547 g/mol. The summed E-state index contributed by atoms with van der Waals surface area (Å²) in [5.41, 5.74) is 2.14. The summed E-state index contributed by atoms with van der Waals surface area (Å²) in [5, 5.41) is 40.2. The van der Waals surface area contributed by atoms with Crippen LogP contribution >= 0.6 is 0 Å². The highest BCUT2D eigenvalue weighted by Crippen LogP contribution is 2.64. The van der Waals surface area contributed by atoms with E-state index in [4.69, 9.17) is 28.4 Å². The SMILES string of the molecule is CC(O)C1C=CC2(Oc3c(c(-c4ccc(O)cc4)c4c(c3-c3ccc(O)cc3)OC3(C=CC(C(C)O)O3)O4)O2)O1. The molecule has 3 aromatic rings. The zero-order chi connectivity index (χ0) is 27.8. The van der Waals surface area contributed by atoms with Crippen molar-refractivity contribution in [2.75, 3.05) is 0 Å². The molecule has 0 radical (unpaired) electrons. The number of ether oxygens (including phenoxy) is 6. The van der Waals surface area contributed by atoms with Crippen molar-refractivity contribution in [1.29, 1.82) is 0 Å². The number of hydrogen-bond acceptors (Lipinski definition) is 10. The van der Waals surface area contributed by atoms with E-state index in [0.29, 0.717) is 22.3 Å². The summed E-state index contributed by atoms with van der Waals surface area (Å²) in [7, 11) is 0. The first-order valence-corrected chi connectivity index (χ1v) is 12.9. The molecular formula is C30H26O10. The molecule has 7 rings (SSSR count). The standard InChI is InChI=1S/C30H26O10/c1-15(31)21-11-13-29(35-21)37-25-23(17-3-7-19(33)8-4-17)27-28(40-30(39-27)14-12-22(36-30)16(2)32)24(26(25)38-29)18-5-9-20(34)10-6-18/h3-16,21-22,31-34H,1-2H3. The quantitative estimate of drug-likeness (QED) is 0.356. The van der Waals surface area contributed by atoms with Gasteiger partial charge in [0.15, 0.2) is 23.0 Å². The van der Waals surface area contributed by atoms with E-state index in [9.17, 15) is 20.4 Å². The van der Waals surface area contributed by atoms with Gasteiger partial charge in [-0.25, -0.2) is 0 Å². The van der Waals surface area contributed by atoms with Gasteiger partial charge < -0.3 is 39.4 Å². The van der Waals surface area contributed by atoms with Crippen LogP contribution in [0.1, 0.15) is 13.8 Å². The van der Waals surface area contributed by atoms with E-state index in [1.54, 1.807) is 62.4 Å². The lowest BCUT2D eigenvalue weighted by Crippen LogP contribution is -2.41. The number of aromatic hydroxyl groups is 2. The molecule has 0 saturated heterocycles. The van der Waals surface area contributed by atoms with Gasteiger partial charge in [-0.1, -0.05) is 24.3 Å². The molecule has 40 heavy (non-hydrogen) atoms. The van der Waals surface area contributed by atoms with Crippen molar-refractivity contribution in [1.82, 2.24) is 0 Å². The van der Waals surface area contributed by atoms with Gasteiger partial charge in [-0.2, -0.15) is 0 Å². The molecule has 0 amide bonds. The molecule has 0 fully saturated rings. The fourth-order valence-corrected chi connectivity index (χ4v) is 5.15. The van der Waals surface area contributed by atoms with Crippen LogP contribution in [0.5, 0.6) is 34.5 Å². The summed E-state index contributed by atoms with van der Waals surface area (Å²) in [4.78, 5) is 0. The van der Waals surface area contributed by atoms with Crippen LogP contribution in [0.4, 0.5) is 0 Å². The Labute approximate surface area is 228 Å². The second-order valence-electron chi connectivity index (χ2n) is 10.1. The molecule has 0 bridgehead atoms.